The van der Waals surface area contributed by atoms with Crippen molar-refractivity contribution >= 4 is 35.0 Å². The first kappa shape index (κ1) is 16.3. The van der Waals surface area contributed by atoms with Crippen LogP contribution in [0.1, 0.15) is 21.5 Å². The van der Waals surface area contributed by atoms with Crippen LogP contribution in [0.25, 0.3) is 0 Å². The zero-order valence-electron chi connectivity index (χ0n) is 11.8. The van der Waals surface area contributed by atoms with Gasteiger partial charge in [-0.1, -0.05) is 53.0 Å². The summed E-state index contributed by atoms with van der Waals surface area (Å²) in [6, 6.07) is 12.1. The molecule has 0 spiro atoms. The summed E-state index contributed by atoms with van der Waals surface area (Å²) in [7, 11) is 0. The largest absolute Gasteiger partial charge is 0.273 e. The normalized spacial score (nSPS) is 10.1. The lowest BCUT2D eigenvalue weighted by molar-refractivity contribution is -0.121. The van der Waals surface area contributed by atoms with Crippen LogP contribution in [0, 0.1) is 6.92 Å². The third-order valence-corrected chi connectivity index (χ3v) is 3.54. The molecule has 22 heavy (non-hydrogen) atoms. The van der Waals surface area contributed by atoms with Gasteiger partial charge in [-0.2, -0.15) is 0 Å². The maximum Gasteiger partial charge on any atom is 0.271 e. The van der Waals surface area contributed by atoms with Gasteiger partial charge in [-0.25, -0.2) is 0 Å². The Morgan fingerprint density at radius 1 is 1.00 bits per heavy atom. The fourth-order valence-electron chi connectivity index (χ4n) is 1.80. The van der Waals surface area contributed by atoms with Gasteiger partial charge in [0.15, 0.2) is 0 Å². The molecule has 0 atom stereocenters. The average molecular weight is 337 g/mol. The van der Waals surface area contributed by atoms with Crippen molar-refractivity contribution in [3.05, 3.63) is 69.2 Å². The fraction of sp³-hybridized carbons (Fsp3) is 0.125. The van der Waals surface area contributed by atoms with Crippen molar-refractivity contribution in [2.24, 2.45) is 0 Å². The number of benzene rings is 2. The molecule has 0 radical (unpaired) electrons. The molecule has 2 aromatic carbocycles. The second-order valence-corrected chi connectivity index (χ2v) is 5.63. The summed E-state index contributed by atoms with van der Waals surface area (Å²) < 4.78 is 0. The Hall–Kier alpha value is -2.04. The number of halogens is 2. The van der Waals surface area contributed by atoms with Crippen LogP contribution in [0.2, 0.25) is 10.0 Å². The van der Waals surface area contributed by atoms with Gasteiger partial charge in [0.2, 0.25) is 5.91 Å². The minimum Gasteiger partial charge on any atom is -0.273 e. The maximum atomic E-state index is 12.0. The second-order valence-electron chi connectivity index (χ2n) is 4.79. The Balaban J connectivity index is 1.91. The van der Waals surface area contributed by atoms with E-state index in [1.165, 1.54) is 12.1 Å². The number of amides is 2. The van der Waals surface area contributed by atoms with Gasteiger partial charge in [0.25, 0.3) is 5.91 Å². The number of hydrogen-bond donors (Lipinski definition) is 2. The third-order valence-electron chi connectivity index (χ3n) is 2.97. The van der Waals surface area contributed by atoms with E-state index in [-0.39, 0.29) is 22.9 Å². The summed E-state index contributed by atoms with van der Waals surface area (Å²) in [6.45, 7) is 1.97. The zero-order valence-corrected chi connectivity index (χ0v) is 13.3. The lowest BCUT2D eigenvalue weighted by Gasteiger charge is -2.09. The van der Waals surface area contributed by atoms with E-state index < -0.39 is 5.91 Å². The summed E-state index contributed by atoms with van der Waals surface area (Å²) in [4.78, 5) is 23.8. The number of hydrazine groups is 1. The monoisotopic (exact) mass is 336 g/mol. The minimum absolute atomic E-state index is 0.170. The summed E-state index contributed by atoms with van der Waals surface area (Å²) >= 11 is 11.7. The van der Waals surface area contributed by atoms with E-state index in [1.807, 2.05) is 31.2 Å². The predicted molar refractivity (Wildman–Crippen MR) is 87.0 cm³/mol. The van der Waals surface area contributed by atoms with E-state index >= 15 is 0 Å². The number of carbonyl (C=O) groups is 2. The van der Waals surface area contributed by atoms with Gasteiger partial charge in [0.1, 0.15) is 0 Å². The molecule has 2 amide bonds. The molecule has 0 aliphatic heterocycles. The van der Waals surface area contributed by atoms with E-state index in [4.69, 9.17) is 23.2 Å². The second kappa shape index (κ2) is 7.29. The number of carbonyl (C=O) groups excluding carboxylic acids is 2. The number of hydrogen-bond acceptors (Lipinski definition) is 2. The Kier molecular flexibility index (Phi) is 5.41. The molecule has 0 heterocycles. The molecule has 0 aromatic heterocycles. The Bertz CT molecular complexity index is 700. The fourth-order valence-corrected chi connectivity index (χ4v) is 2.18. The van der Waals surface area contributed by atoms with E-state index in [0.29, 0.717) is 5.02 Å². The van der Waals surface area contributed by atoms with Crippen LogP contribution in [0.15, 0.2) is 42.5 Å². The smallest absolute Gasteiger partial charge is 0.271 e. The van der Waals surface area contributed by atoms with Gasteiger partial charge in [-0.15, -0.1) is 0 Å². The average Bonchev–Trinajstić information content (AvgIpc) is 2.49. The first-order valence-corrected chi connectivity index (χ1v) is 7.31. The molecule has 2 N–H and O–H groups in total. The van der Waals surface area contributed by atoms with Crippen LogP contribution in [0.4, 0.5) is 0 Å². The van der Waals surface area contributed by atoms with Gasteiger partial charge in [-0.05, 0) is 30.7 Å². The molecule has 0 saturated carbocycles. The Morgan fingerprint density at radius 3 is 2.36 bits per heavy atom. The molecular formula is C16H14Cl2N2O2. The molecule has 0 unspecified atom stereocenters. The SMILES string of the molecule is Cc1ccc(CC(=O)NNC(=O)c2cc(Cl)ccc2Cl)cc1. The number of nitrogens with one attached hydrogen (secondary N) is 2. The highest BCUT2D eigenvalue weighted by molar-refractivity contribution is 6.35. The molecule has 2 rings (SSSR count). The first-order valence-electron chi connectivity index (χ1n) is 6.55. The van der Waals surface area contributed by atoms with Crippen molar-refractivity contribution in [2.45, 2.75) is 13.3 Å². The molecule has 0 aliphatic rings. The van der Waals surface area contributed by atoms with Crippen LogP contribution < -0.4 is 10.9 Å². The molecule has 0 saturated heterocycles. The third kappa shape index (κ3) is 4.48. The minimum atomic E-state index is -0.523. The van der Waals surface area contributed by atoms with E-state index in [1.54, 1.807) is 6.07 Å². The summed E-state index contributed by atoms with van der Waals surface area (Å²) in [6.07, 6.45) is 0.170. The standard InChI is InChI=1S/C16H14Cl2N2O2/c1-10-2-4-11(5-3-10)8-15(21)19-20-16(22)13-9-12(17)6-7-14(13)18/h2-7,9H,8H2,1H3,(H,19,21)(H,20,22). The van der Waals surface area contributed by atoms with Crippen molar-refractivity contribution in [1.29, 1.82) is 0 Å². The maximum absolute atomic E-state index is 12.0. The molecule has 114 valence electrons. The van der Waals surface area contributed by atoms with Crippen molar-refractivity contribution in [2.75, 3.05) is 0 Å². The molecule has 0 fully saturated rings. The van der Waals surface area contributed by atoms with Crippen LogP contribution in [-0.2, 0) is 11.2 Å². The quantitative estimate of drug-likeness (QED) is 0.845. The van der Waals surface area contributed by atoms with Gasteiger partial charge in [0.05, 0.1) is 17.0 Å². The highest BCUT2D eigenvalue weighted by atomic mass is 35.5. The van der Waals surface area contributed by atoms with Crippen molar-refractivity contribution in [3.8, 4) is 0 Å². The van der Waals surface area contributed by atoms with Crippen LogP contribution in [0.5, 0.6) is 0 Å². The van der Waals surface area contributed by atoms with E-state index in [2.05, 4.69) is 10.9 Å². The Morgan fingerprint density at radius 2 is 1.68 bits per heavy atom. The first-order chi connectivity index (χ1) is 10.5. The van der Waals surface area contributed by atoms with Gasteiger partial charge in [0, 0.05) is 5.02 Å². The highest BCUT2D eigenvalue weighted by Gasteiger charge is 2.12. The molecule has 4 nitrogen and oxygen atoms in total. The molecule has 0 aliphatic carbocycles. The molecule has 2 aromatic rings. The number of rotatable bonds is 3. The summed E-state index contributed by atoms with van der Waals surface area (Å²) in [5.74, 6) is -0.847. The van der Waals surface area contributed by atoms with Gasteiger partial charge in [-0.3, -0.25) is 20.4 Å². The highest BCUT2D eigenvalue weighted by Crippen LogP contribution is 2.20. The van der Waals surface area contributed by atoms with Crippen LogP contribution >= 0.6 is 23.2 Å². The van der Waals surface area contributed by atoms with E-state index in [9.17, 15) is 9.59 Å². The van der Waals surface area contributed by atoms with Crippen LogP contribution in [0.3, 0.4) is 0 Å². The Labute approximate surface area is 138 Å². The summed E-state index contributed by atoms with van der Waals surface area (Å²) in [5.41, 5.74) is 6.84. The zero-order chi connectivity index (χ0) is 16.1. The van der Waals surface area contributed by atoms with Gasteiger partial charge >= 0.3 is 0 Å². The summed E-state index contributed by atoms with van der Waals surface area (Å²) in [5, 5.41) is 0.648. The number of aryl methyl sites for hydroxylation is 1. The predicted octanol–water partition coefficient (Wildman–Crippen LogP) is 3.31. The molecule has 6 heteroatoms. The van der Waals surface area contributed by atoms with Crippen molar-refractivity contribution in [3.63, 3.8) is 0 Å². The van der Waals surface area contributed by atoms with E-state index in [0.717, 1.165) is 11.1 Å². The topological polar surface area (TPSA) is 58.2 Å². The molecule has 0 bridgehead atoms. The van der Waals surface area contributed by atoms with Crippen molar-refractivity contribution < 1.29 is 9.59 Å². The van der Waals surface area contributed by atoms with Crippen LogP contribution in [-0.4, -0.2) is 11.8 Å². The van der Waals surface area contributed by atoms with Crippen molar-refractivity contribution in [1.82, 2.24) is 10.9 Å². The lowest BCUT2D eigenvalue weighted by atomic mass is 10.1. The van der Waals surface area contributed by atoms with Gasteiger partial charge < -0.3 is 0 Å². The lowest BCUT2D eigenvalue weighted by Crippen LogP contribution is -2.42. The molecular weight excluding hydrogens is 323 g/mol.